The fourth-order valence-corrected chi connectivity index (χ4v) is 4.27. The number of carbonyl (C=O) groups is 1. The standard InChI is InChI=1S/C20H12Cl2F3N9O/c1-19(20(23,24)25)9-32(13-7-27-15-3-14(22)31-34(15)16(13)19)18(35)30-11-2-12(21)17(28-6-11)33-8-10(4-26)5-29-33/h2-3,5-8H,9H2,1H3,(H,30,35)/t19-/m1/s1. The van der Waals surface area contributed by atoms with E-state index in [1.54, 1.807) is 0 Å². The first kappa shape index (κ1) is 22.9. The Morgan fingerprint density at radius 3 is 2.66 bits per heavy atom. The zero-order valence-electron chi connectivity index (χ0n) is 17.5. The highest BCUT2D eigenvalue weighted by Crippen LogP contribution is 2.50. The number of nitrogens with zero attached hydrogens (tertiary/aromatic N) is 8. The first-order valence-corrected chi connectivity index (χ1v) is 10.6. The Kier molecular flexibility index (Phi) is 5.11. The van der Waals surface area contributed by atoms with Crippen molar-refractivity contribution < 1.29 is 18.0 Å². The Morgan fingerprint density at radius 2 is 2.00 bits per heavy atom. The fraction of sp³-hybridized carbons (Fsp3) is 0.200. The number of pyridine rings is 1. The maximum atomic E-state index is 14.2. The number of nitrogens with one attached hydrogen (secondary N) is 1. The van der Waals surface area contributed by atoms with E-state index in [4.69, 9.17) is 28.5 Å². The molecular formula is C20H12Cl2F3N9O. The lowest BCUT2D eigenvalue weighted by molar-refractivity contribution is -0.181. The van der Waals surface area contributed by atoms with Crippen molar-refractivity contribution in [3.05, 3.63) is 58.4 Å². The zero-order chi connectivity index (χ0) is 25.1. The summed E-state index contributed by atoms with van der Waals surface area (Å²) in [6.07, 6.45) is 0.483. The number of hydrogen-bond acceptors (Lipinski definition) is 6. The second kappa shape index (κ2) is 7.82. The Morgan fingerprint density at radius 1 is 1.23 bits per heavy atom. The topological polar surface area (TPSA) is 117 Å². The summed E-state index contributed by atoms with van der Waals surface area (Å²) in [6.45, 7) is 0.278. The number of aromatic nitrogens is 6. The van der Waals surface area contributed by atoms with Gasteiger partial charge in [0.05, 0.1) is 52.4 Å². The van der Waals surface area contributed by atoms with Crippen LogP contribution in [0.3, 0.4) is 0 Å². The first-order chi connectivity index (χ1) is 16.5. The lowest BCUT2D eigenvalue weighted by atomic mass is 9.88. The average Bonchev–Trinajstić information content (AvgIpc) is 3.48. The highest BCUT2D eigenvalue weighted by atomic mass is 35.5. The number of urea groups is 1. The van der Waals surface area contributed by atoms with Gasteiger partial charge in [0.25, 0.3) is 0 Å². The van der Waals surface area contributed by atoms with Gasteiger partial charge in [0.1, 0.15) is 11.5 Å². The van der Waals surface area contributed by atoms with E-state index in [-0.39, 0.29) is 38.7 Å². The average molecular weight is 522 g/mol. The number of fused-ring (bicyclic) bond motifs is 3. The molecule has 1 aliphatic heterocycles. The number of rotatable bonds is 2. The molecule has 0 unspecified atom stereocenters. The lowest BCUT2D eigenvalue weighted by Crippen LogP contribution is -2.46. The summed E-state index contributed by atoms with van der Waals surface area (Å²) in [5.74, 6) is 0.199. The zero-order valence-corrected chi connectivity index (χ0v) is 19.1. The SMILES string of the molecule is C[C@@]1(C(F)(F)F)CN(C(=O)Nc2cnc(-n3cc(C#N)cn3)c(Cl)c2)c2cnc3cc(Cl)nn3c21. The van der Waals surface area contributed by atoms with Crippen LogP contribution in [0.1, 0.15) is 18.2 Å². The van der Waals surface area contributed by atoms with E-state index < -0.39 is 24.2 Å². The van der Waals surface area contributed by atoms with E-state index in [1.165, 1.54) is 41.6 Å². The van der Waals surface area contributed by atoms with Crippen molar-refractivity contribution in [2.45, 2.75) is 18.5 Å². The van der Waals surface area contributed by atoms with Crippen LogP contribution in [0.4, 0.5) is 29.3 Å². The van der Waals surface area contributed by atoms with E-state index >= 15 is 0 Å². The lowest BCUT2D eigenvalue weighted by Gasteiger charge is -2.28. The van der Waals surface area contributed by atoms with Crippen LogP contribution in [0.25, 0.3) is 11.5 Å². The second-order valence-corrected chi connectivity index (χ2v) is 8.68. The highest BCUT2D eigenvalue weighted by molar-refractivity contribution is 6.32. The van der Waals surface area contributed by atoms with Gasteiger partial charge >= 0.3 is 12.2 Å². The summed E-state index contributed by atoms with van der Waals surface area (Å²) < 4.78 is 44.9. The predicted octanol–water partition coefficient (Wildman–Crippen LogP) is 4.36. The van der Waals surface area contributed by atoms with E-state index in [9.17, 15) is 18.0 Å². The van der Waals surface area contributed by atoms with Crippen molar-refractivity contribution in [3.63, 3.8) is 0 Å². The van der Waals surface area contributed by atoms with E-state index in [0.717, 1.165) is 16.3 Å². The molecule has 4 aromatic rings. The summed E-state index contributed by atoms with van der Waals surface area (Å²) in [5.41, 5.74) is -2.21. The molecule has 0 fully saturated rings. The minimum atomic E-state index is -4.71. The van der Waals surface area contributed by atoms with Crippen LogP contribution in [0.15, 0.2) is 36.9 Å². The van der Waals surface area contributed by atoms with Gasteiger partial charge in [-0.3, -0.25) is 4.90 Å². The van der Waals surface area contributed by atoms with Gasteiger partial charge in [0.15, 0.2) is 16.6 Å². The number of nitriles is 1. The van der Waals surface area contributed by atoms with Gasteiger partial charge in [-0.05, 0) is 13.0 Å². The number of carbonyl (C=O) groups excluding carboxylic acids is 1. The number of amides is 2. The van der Waals surface area contributed by atoms with Gasteiger partial charge in [-0.1, -0.05) is 23.2 Å². The smallest absolute Gasteiger partial charge is 0.306 e. The molecular weight excluding hydrogens is 510 g/mol. The van der Waals surface area contributed by atoms with Crippen LogP contribution >= 0.6 is 23.2 Å². The summed E-state index contributed by atoms with van der Waals surface area (Å²) in [7, 11) is 0. The number of hydrogen-bond donors (Lipinski definition) is 1. The minimum absolute atomic E-state index is 0.0294. The Bertz CT molecular complexity index is 1540. The third kappa shape index (κ3) is 3.62. The molecule has 0 bridgehead atoms. The molecule has 0 aliphatic carbocycles. The van der Waals surface area contributed by atoms with Crippen LogP contribution in [-0.2, 0) is 5.41 Å². The molecule has 15 heteroatoms. The summed E-state index contributed by atoms with van der Waals surface area (Å²) >= 11 is 12.2. The molecule has 0 aromatic carbocycles. The van der Waals surface area contributed by atoms with Gasteiger partial charge in [-0.15, -0.1) is 0 Å². The van der Waals surface area contributed by atoms with Crippen molar-refractivity contribution in [2.75, 3.05) is 16.8 Å². The van der Waals surface area contributed by atoms with Gasteiger partial charge < -0.3 is 5.32 Å². The number of alkyl halides is 3. The predicted molar refractivity (Wildman–Crippen MR) is 119 cm³/mol. The van der Waals surface area contributed by atoms with E-state index in [0.29, 0.717) is 5.56 Å². The van der Waals surface area contributed by atoms with Gasteiger partial charge in [-0.2, -0.15) is 28.6 Å². The third-order valence-electron chi connectivity index (χ3n) is 5.59. The second-order valence-electron chi connectivity index (χ2n) is 7.89. The number of halogens is 5. The van der Waals surface area contributed by atoms with Crippen molar-refractivity contribution in [3.8, 4) is 11.9 Å². The summed E-state index contributed by atoms with van der Waals surface area (Å²) in [6, 6.07) is 3.77. The molecule has 10 nitrogen and oxygen atoms in total. The molecule has 1 aliphatic rings. The maximum absolute atomic E-state index is 14.2. The van der Waals surface area contributed by atoms with Gasteiger partial charge in [0.2, 0.25) is 0 Å². The van der Waals surface area contributed by atoms with Crippen molar-refractivity contribution in [2.24, 2.45) is 0 Å². The Labute approximate surface area is 204 Å². The molecule has 0 saturated heterocycles. The van der Waals surface area contributed by atoms with Crippen molar-refractivity contribution in [1.29, 1.82) is 5.26 Å². The van der Waals surface area contributed by atoms with Crippen LogP contribution in [0, 0.1) is 11.3 Å². The quantitative estimate of drug-likeness (QED) is 0.418. The third-order valence-corrected chi connectivity index (χ3v) is 6.06. The Balaban J connectivity index is 1.48. The molecule has 0 spiro atoms. The first-order valence-electron chi connectivity index (χ1n) is 9.82. The van der Waals surface area contributed by atoms with Gasteiger partial charge in [0, 0.05) is 12.6 Å². The van der Waals surface area contributed by atoms with Crippen molar-refractivity contribution in [1.82, 2.24) is 29.4 Å². The summed E-state index contributed by atoms with van der Waals surface area (Å²) in [5, 5.41) is 19.4. The molecule has 35 heavy (non-hydrogen) atoms. The molecule has 0 saturated carbocycles. The molecule has 5 heterocycles. The molecule has 1 atom stereocenters. The normalized spacial score (nSPS) is 17.5. The fourth-order valence-electron chi connectivity index (χ4n) is 3.85. The number of anilines is 2. The van der Waals surface area contributed by atoms with Crippen LogP contribution in [-0.4, -0.2) is 48.1 Å². The molecule has 1 N–H and O–H groups in total. The largest absolute Gasteiger partial charge is 0.401 e. The molecule has 5 rings (SSSR count). The molecule has 2 amide bonds. The van der Waals surface area contributed by atoms with E-state index in [2.05, 4.69) is 25.5 Å². The monoisotopic (exact) mass is 521 g/mol. The summed E-state index contributed by atoms with van der Waals surface area (Å²) in [4.78, 5) is 22.2. The Hall–Kier alpha value is -3.89. The molecule has 0 radical (unpaired) electrons. The minimum Gasteiger partial charge on any atom is -0.306 e. The van der Waals surface area contributed by atoms with E-state index in [1.807, 2.05) is 6.07 Å². The maximum Gasteiger partial charge on any atom is 0.401 e. The molecule has 4 aromatic heterocycles. The molecule has 178 valence electrons. The van der Waals surface area contributed by atoms with Gasteiger partial charge in [-0.25, -0.2) is 24.0 Å². The van der Waals surface area contributed by atoms with Crippen LogP contribution in [0.5, 0.6) is 0 Å². The van der Waals surface area contributed by atoms with Crippen molar-refractivity contribution >= 4 is 46.3 Å². The van der Waals surface area contributed by atoms with Crippen LogP contribution in [0.2, 0.25) is 10.2 Å². The van der Waals surface area contributed by atoms with Crippen LogP contribution < -0.4 is 10.2 Å². The highest BCUT2D eigenvalue weighted by Gasteiger charge is 2.60.